The number of nitrogens with one attached hydrogen (secondary N) is 3. The van der Waals surface area contributed by atoms with Crippen LogP contribution >= 0.6 is 0 Å². The van der Waals surface area contributed by atoms with Crippen LogP contribution in [0.1, 0.15) is 49.8 Å². The lowest BCUT2D eigenvalue weighted by Crippen LogP contribution is -2.57. The molecule has 10 nitrogen and oxygen atoms in total. The summed E-state index contributed by atoms with van der Waals surface area (Å²) in [6.45, 7) is 5.40. The fourth-order valence-corrected chi connectivity index (χ4v) is 6.35. The molecule has 0 aromatic heterocycles. The lowest BCUT2D eigenvalue weighted by atomic mass is 10.0. The van der Waals surface area contributed by atoms with Crippen LogP contribution in [0.25, 0.3) is 0 Å². The minimum absolute atomic E-state index is 0.125. The van der Waals surface area contributed by atoms with Crippen LogP contribution in [0.3, 0.4) is 0 Å². The second-order valence-electron chi connectivity index (χ2n) is 13.3. The number of likely N-dealkylation sites (tertiary alicyclic amines) is 1. The molecule has 3 aromatic rings. The van der Waals surface area contributed by atoms with Crippen LogP contribution in [0.5, 0.6) is 0 Å². The number of aryl methyl sites for hydroxylation is 1. The molecule has 5 amide bonds. The van der Waals surface area contributed by atoms with Crippen molar-refractivity contribution in [3.05, 3.63) is 108 Å². The first-order valence-electron chi connectivity index (χ1n) is 17.9. The summed E-state index contributed by atoms with van der Waals surface area (Å²) in [5, 5.41) is 8.75. The number of hydrogen-bond acceptors (Lipinski definition) is 5. The summed E-state index contributed by atoms with van der Waals surface area (Å²) in [6.07, 6.45) is 3.61. The lowest BCUT2D eigenvalue weighted by molar-refractivity contribution is -0.140. The van der Waals surface area contributed by atoms with Crippen molar-refractivity contribution in [3.8, 4) is 0 Å². The predicted molar refractivity (Wildman–Crippen MR) is 197 cm³/mol. The van der Waals surface area contributed by atoms with Crippen molar-refractivity contribution in [1.29, 1.82) is 0 Å². The van der Waals surface area contributed by atoms with Gasteiger partial charge in [-0.15, -0.1) is 0 Å². The Balaban J connectivity index is 1.58. The third-order valence-corrected chi connectivity index (χ3v) is 9.47. The van der Waals surface area contributed by atoms with E-state index in [1.54, 1.807) is 0 Å². The highest BCUT2D eigenvalue weighted by Crippen LogP contribution is 2.22. The molecule has 0 aliphatic carbocycles. The van der Waals surface area contributed by atoms with Gasteiger partial charge in [0.2, 0.25) is 17.7 Å². The summed E-state index contributed by atoms with van der Waals surface area (Å²) >= 11 is 0. The molecule has 1 aliphatic heterocycles. The zero-order valence-corrected chi connectivity index (χ0v) is 30.0. The molecule has 1 aliphatic rings. The van der Waals surface area contributed by atoms with Gasteiger partial charge in [0.15, 0.2) is 0 Å². The largest absolute Gasteiger partial charge is 0.343 e. The van der Waals surface area contributed by atoms with Crippen LogP contribution in [-0.4, -0.2) is 103 Å². The number of amides is 5. The number of rotatable bonds is 17. The Morgan fingerprint density at radius 3 is 1.96 bits per heavy atom. The molecule has 0 bridgehead atoms. The van der Waals surface area contributed by atoms with Crippen LogP contribution in [0.2, 0.25) is 0 Å². The van der Waals surface area contributed by atoms with Crippen molar-refractivity contribution in [2.75, 3.05) is 40.3 Å². The van der Waals surface area contributed by atoms with E-state index >= 15 is 0 Å². The number of benzene rings is 3. The predicted octanol–water partition coefficient (Wildman–Crippen LogP) is 4.05. The van der Waals surface area contributed by atoms with Gasteiger partial charge in [-0.25, -0.2) is 4.79 Å². The molecule has 1 saturated heterocycles. The van der Waals surface area contributed by atoms with E-state index in [0.717, 1.165) is 29.5 Å². The quantitative estimate of drug-likeness (QED) is 0.199. The summed E-state index contributed by atoms with van der Waals surface area (Å²) < 4.78 is 0. The fourth-order valence-electron chi connectivity index (χ4n) is 6.35. The SMILES string of the molecule is CCNC(=O)N[C@H](Cc1ccccc1)C(=O)N(CCc1ccccc1)C[C@@H]1CCCN1C(=O)[C@H](CCc1ccccc1)NC(=O)[C@H](C)N(C)C. The van der Waals surface area contributed by atoms with E-state index in [4.69, 9.17) is 0 Å². The third-order valence-electron chi connectivity index (χ3n) is 9.47. The molecule has 0 saturated carbocycles. The van der Waals surface area contributed by atoms with Gasteiger partial charge < -0.3 is 25.8 Å². The minimum atomic E-state index is -0.796. The Morgan fingerprint density at radius 1 is 0.800 bits per heavy atom. The number of urea groups is 1. The highest BCUT2D eigenvalue weighted by Gasteiger charge is 2.37. The smallest absolute Gasteiger partial charge is 0.315 e. The normalized spacial score (nSPS) is 15.9. The topological polar surface area (TPSA) is 114 Å². The van der Waals surface area contributed by atoms with Crippen LogP contribution in [0.4, 0.5) is 4.79 Å². The highest BCUT2D eigenvalue weighted by molar-refractivity contribution is 5.90. The maximum absolute atomic E-state index is 14.5. The number of carbonyl (C=O) groups excluding carboxylic acids is 4. The zero-order valence-electron chi connectivity index (χ0n) is 30.0. The molecular weight excluding hydrogens is 628 g/mol. The Labute approximate surface area is 297 Å². The Hall–Kier alpha value is -4.70. The molecule has 268 valence electrons. The van der Waals surface area contributed by atoms with Gasteiger partial charge in [-0.1, -0.05) is 91.0 Å². The maximum Gasteiger partial charge on any atom is 0.315 e. The zero-order chi connectivity index (χ0) is 35.9. The molecule has 1 fully saturated rings. The number of nitrogens with zero attached hydrogens (tertiary/aromatic N) is 3. The second kappa shape index (κ2) is 19.5. The average Bonchev–Trinajstić information content (AvgIpc) is 3.60. The van der Waals surface area contributed by atoms with Crippen molar-refractivity contribution >= 4 is 23.8 Å². The van der Waals surface area contributed by atoms with E-state index in [1.807, 2.05) is 134 Å². The van der Waals surface area contributed by atoms with Crippen molar-refractivity contribution in [2.45, 2.75) is 76.5 Å². The van der Waals surface area contributed by atoms with Crippen molar-refractivity contribution in [2.24, 2.45) is 0 Å². The van der Waals surface area contributed by atoms with Gasteiger partial charge in [0, 0.05) is 38.6 Å². The van der Waals surface area contributed by atoms with E-state index in [2.05, 4.69) is 16.0 Å². The van der Waals surface area contributed by atoms with Gasteiger partial charge in [0.25, 0.3) is 0 Å². The third kappa shape index (κ3) is 11.4. The molecule has 3 N–H and O–H groups in total. The van der Waals surface area contributed by atoms with Gasteiger partial charge in [-0.05, 0) is 76.7 Å². The Morgan fingerprint density at radius 2 is 1.38 bits per heavy atom. The van der Waals surface area contributed by atoms with E-state index in [0.29, 0.717) is 51.9 Å². The van der Waals surface area contributed by atoms with E-state index in [1.165, 1.54) is 0 Å². The van der Waals surface area contributed by atoms with Gasteiger partial charge in [0.05, 0.1) is 6.04 Å². The molecule has 4 atom stereocenters. The van der Waals surface area contributed by atoms with Crippen molar-refractivity contribution in [1.82, 2.24) is 30.7 Å². The first-order chi connectivity index (χ1) is 24.2. The first-order valence-corrected chi connectivity index (χ1v) is 17.9. The van der Waals surface area contributed by atoms with Gasteiger partial charge in [0.1, 0.15) is 12.1 Å². The monoisotopic (exact) mass is 682 g/mol. The minimum Gasteiger partial charge on any atom is -0.343 e. The second-order valence-corrected chi connectivity index (χ2v) is 13.3. The fraction of sp³-hybridized carbons (Fsp3) is 0.450. The molecule has 0 spiro atoms. The van der Waals surface area contributed by atoms with Crippen LogP contribution in [-0.2, 0) is 33.6 Å². The summed E-state index contributed by atoms with van der Waals surface area (Å²) in [5.74, 6) is -0.513. The molecule has 50 heavy (non-hydrogen) atoms. The lowest BCUT2D eigenvalue weighted by Gasteiger charge is -2.35. The summed E-state index contributed by atoms with van der Waals surface area (Å²) in [7, 11) is 3.68. The standard InChI is InChI=1S/C40H54N6O4/c1-5-41-40(50)43-36(28-33-20-13-8-14-21-33)38(48)45(27-25-32-18-11-7-12-19-32)29-34-22-15-26-46(34)39(49)35(42-37(47)30(2)44(3)4)24-23-31-16-9-6-10-17-31/h6-14,16-21,30,34-36H,5,15,22-29H2,1-4H3,(H,42,47)(H2,41,43,50)/t30-,34-,35-,36+/m0/s1. The highest BCUT2D eigenvalue weighted by atomic mass is 16.2. The average molecular weight is 683 g/mol. The van der Waals surface area contributed by atoms with Crippen LogP contribution in [0.15, 0.2) is 91.0 Å². The molecule has 3 aromatic carbocycles. The first kappa shape index (κ1) is 38.1. The summed E-state index contributed by atoms with van der Waals surface area (Å²) in [4.78, 5) is 60.3. The summed E-state index contributed by atoms with van der Waals surface area (Å²) in [6, 6.07) is 27.1. The number of carbonyl (C=O) groups is 4. The van der Waals surface area contributed by atoms with Gasteiger partial charge >= 0.3 is 6.03 Å². The molecule has 0 unspecified atom stereocenters. The molecule has 10 heteroatoms. The molecule has 1 heterocycles. The van der Waals surface area contributed by atoms with E-state index in [-0.39, 0.29) is 23.8 Å². The molecule has 0 radical (unpaired) electrons. The van der Waals surface area contributed by atoms with Crippen molar-refractivity contribution < 1.29 is 19.2 Å². The Bertz CT molecular complexity index is 1500. The van der Waals surface area contributed by atoms with E-state index < -0.39 is 24.2 Å². The number of likely N-dealkylation sites (N-methyl/N-ethyl adjacent to an activating group) is 1. The maximum atomic E-state index is 14.5. The van der Waals surface area contributed by atoms with Crippen LogP contribution in [0, 0.1) is 0 Å². The molecular formula is C40H54N6O4. The number of hydrogen-bond donors (Lipinski definition) is 3. The van der Waals surface area contributed by atoms with Crippen LogP contribution < -0.4 is 16.0 Å². The van der Waals surface area contributed by atoms with Crippen molar-refractivity contribution in [3.63, 3.8) is 0 Å². The van der Waals surface area contributed by atoms with Gasteiger partial charge in [-0.3, -0.25) is 19.3 Å². The summed E-state index contributed by atoms with van der Waals surface area (Å²) in [5.41, 5.74) is 3.13. The molecule has 4 rings (SSSR count). The van der Waals surface area contributed by atoms with E-state index in [9.17, 15) is 19.2 Å². The Kier molecular flexibility index (Phi) is 14.8. The van der Waals surface area contributed by atoms with Gasteiger partial charge in [-0.2, -0.15) is 0 Å².